The van der Waals surface area contributed by atoms with Crippen molar-refractivity contribution in [2.45, 2.75) is 0 Å². The van der Waals surface area contributed by atoms with Crippen LogP contribution in [0.3, 0.4) is 0 Å². The molecule has 2 rings (SSSR count). The van der Waals surface area contributed by atoms with Gasteiger partial charge in [-0.25, -0.2) is 14.2 Å². The summed E-state index contributed by atoms with van der Waals surface area (Å²) in [5, 5.41) is 2.54. The lowest BCUT2D eigenvalue weighted by atomic mass is 10.1. The van der Waals surface area contributed by atoms with Crippen LogP contribution in [0.1, 0.15) is 20.7 Å². The monoisotopic (exact) mass is 352 g/mol. The second-order valence-electron chi connectivity index (χ2n) is 4.00. The third-order valence-electron chi connectivity index (χ3n) is 2.62. The number of esters is 1. The van der Waals surface area contributed by atoms with Crippen LogP contribution in [0.4, 0.5) is 10.1 Å². The molecule has 0 spiro atoms. The number of hydrogen-bond donors (Lipinski definition) is 1. The van der Waals surface area contributed by atoms with Crippen LogP contribution >= 0.6 is 15.9 Å². The number of rotatable bonds is 3. The van der Waals surface area contributed by atoms with E-state index < -0.39 is 17.7 Å². The molecule has 0 unspecified atom stereocenters. The van der Waals surface area contributed by atoms with Crippen LogP contribution in [0.2, 0.25) is 0 Å². The quantitative estimate of drug-likeness (QED) is 0.680. The molecule has 0 bridgehead atoms. The van der Waals surface area contributed by atoms with Gasteiger partial charge in [-0.1, -0.05) is 0 Å². The van der Waals surface area contributed by atoms with Gasteiger partial charge >= 0.3 is 5.97 Å². The first kappa shape index (κ1) is 15.1. The number of amides is 1. The molecule has 0 atom stereocenters. The zero-order chi connectivity index (χ0) is 15.4. The first-order valence-corrected chi connectivity index (χ1v) is 6.61. The highest BCUT2D eigenvalue weighted by Gasteiger charge is 2.16. The average molecular weight is 353 g/mol. The summed E-state index contributed by atoms with van der Waals surface area (Å²) in [6, 6.07) is 6.49. The Morgan fingerprint density at radius 2 is 2.05 bits per heavy atom. The molecule has 0 saturated heterocycles. The van der Waals surface area contributed by atoms with E-state index in [1.807, 2.05) is 0 Å². The minimum absolute atomic E-state index is 0.0565. The Kier molecular flexibility index (Phi) is 4.64. The standard InChI is InChI=1S/C14H10BrFN2O3/c1-21-14(20)10-7-9(16)2-3-11(10)18-13(19)8-4-5-17-12(15)6-8/h2-7H,1H3,(H,18,19). The molecule has 2 aromatic rings. The SMILES string of the molecule is COC(=O)c1cc(F)ccc1NC(=O)c1ccnc(Br)c1. The van der Waals surface area contributed by atoms with Crippen LogP contribution in [-0.2, 0) is 4.74 Å². The molecule has 5 nitrogen and oxygen atoms in total. The van der Waals surface area contributed by atoms with E-state index in [1.165, 1.54) is 31.5 Å². The maximum atomic E-state index is 13.2. The van der Waals surface area contributed by atoms with E-state index in [0.717, 1.165) is 12.1 Å². The Bertz CT molecular complexity index is 706. The second kappa shape index (κ2) is 6.45. The van der Waals surface area contributed by atoms with Crippen LogP contribution in [0.5, 0.6) is 0 Å². The maximum absolute atomic E-state index is 13.2. The molecular weight excluding hydrogens is 343 g/mol. The van der Waals surface area contributed by atoms with E-state index >= 15 is 0 Å². The predicted molar refractivity (Wildman–Crippen MR) is 77.6 cm³/mol. The minimum atomic E-state index is -0.735. The van der Waals surface area contributed by atoms with Crippen molar-refractivity contribution in [2.24, 2.45) is 0 Å². The van der Waals surface area contributed by atoms with Gasteiger partial charge in [-0.2, -0.15) is 0 Å². The zero-order valence-electron chi connectivity index (χ0n) is 10.9. The van der Waals surface area contributed by atoms with Gasteiger partial charge in [0.2, 0.25) is 0 Å². The van der Waals surface area contributed by atoms with Gasteiger partial charge in [-0.15, -0.1) is 0 Å². The highest BCUT2D eigenvalue weighted by Crippen LogP contribution is 2.19. The molecule has 0 fully saturated rings. The molecule has 0 saturated carbocycles. The van der Waals surface area contributed by atoms with Crippen molar-refractivity contribution in [3.8, 4) is 0 Å². The molecule has 1 heterocycles. The van der Waals surface area contributed by atoms with Crippen LogP contribution in [0.15, 0.2) is 41.1 Å². The lowest BCUT2D eigenvalue weighted by Crippen LogP contribution is -2.15. The molecule has 0 aliphatic carbocycles. The Balaban J connectivity index is 2.31. The van der Waals surface area contributed by atoms with E-state index in [0.29, 0.717) is 10.2 Å². The first-order valence-electron chi connectivity index (χ1n) is 5.82. The van der Waals surface area contributed by atoms with Crippen molar-refractivity contribution in [3.63, 3.8) is 0 Å². The molecule has 1 N–H and O–H groups in total. The van der Waals surface area contributed by atoms with E-state index in [4.69, 9.17) is 0 Å². The molecule has 1 amide bonds. The molecule has 1 aromatic carbocycles. The summed E-state index contributed by atoms with van der Waals surface area (Å²) in [7, 11) is 1.18. The number of carbonyl (C=O) groups is 2. The molecule has 7 heteroatoms. The van der Waals surface area contributed by atoms with Gasteiger partial charge < -0.3 is 10.1 Å². The van der Waals surface area contributed by atoms with Crippen molar-refractivity contribution in [1.82, 2.24) is 4.98 Å². The fraction of sp³-hybridized carbons (Fsp3) is 0.0714. The summed E-state index contributed by atoms with van der Waals surface area (Å²) < 4.78 is 18.3. The Labute approximate surface area is 128 Å². The number of carbonyl (C=O) groups excluding carboxylic acids is 2. The molecule has 0 aliphatic heterocycles. The fourth-order valence-electron chi connectivity index (χ4n) is 1.64. The van der Waals surface area contributed by atoms with Crippen LogP contribution in [-0.4, -0.2) is 24.0 Å². The lowest BCUT2D eigenvalue weighted by Gasteiger charge is -2.10. The number of anilines is 1. The average Bonchev–Trinajstić information content (AvgIpc) is 2.48. The summed E-state index contributed by atoms with van der Waals surface area (Å²) >= 11 is 3.16. The van der Waals surface area contributed by atoms with Gasteiger partial charge in [0.25, 0.3) is 5.91 Å². The summed E-state index contributed by atoms with van der Waals surface area (Å²) in [6.45, 7) is 0. The van der Waals surface area contributed by atoms with Crippen molar-refractivity contribution in [2.75, 3.05) is 12.4 Å². The van der Waals surface area contributed by atoms with E-state index in [-0.39, 0.29) is 11.3 Å². The zero-order valence-corrected chi connectivity index (χ0v) is 12.5. The third kappa shape index (κ3) is 3.63. The lowest BCUT2D eigenvalue weighted by molar-refractivity contribution is 0.0601. The van der Waals surface area contributed by atoms with E-state index in [9.17, 15) is 14.0 Å². The number of nitrogens with one attached hydrogen (secondary N) is 1. The molecular formula is C14H10BrFN2O3. The minimum Gasteiger partial charge on any atom is -0.465 e. The largest absolute Gasteiger partial charge is 0.465 e. The number of pyridine rings is 1. The van der Waals surface area contributed by atoms with Crippen LogP contribution in [0, 0.1) is 5.82 Å². The van der Waals surface area contributed by atoms with Gasteiger partial charge in [-0.3, -0.25) is 4.79 Å². The molecule has 21 heavy (non-hydrogen) atoms. The number of halogens is 2. The maximum Gasteiger partial charge on any atom is 0.340 e. The fourth-order valence-corrected chi connectivity index (χ4v) is 2.01. The predicted octanol–water partition coefficient (Wildman–Crippen LogP) is 3.02. The summed E-state index contributed by atoms with van der Waals surface area (Å²) in [4.78, 5) is 27.6. The van der Waals surface area contributed by atoms with E-state index in [1.54, 1.807) is 0 Å². The summed E-state index contributed by atoms with van der Waals surface area (Å²) in [6.07, 6.45) is 1.46. The van der Waals surface area contributed by atoms with Crippen molar-refractivity contribution >= 4 is 33.5 Å². The van der Waals surface area contributed by atoms with Crippen LogP contribution < -0.4 is 5.32 Å². The topological polar surface area (TPSA) is 68.3 Å². The molecule has 108 valence electrons. The van der Waals surface area contributed by atoms with Crippen molar-refractivity contribution < 1.29 is 18.7 Å². The molecule has 0 aliphatic rings. The summed E-state index contributed by atoms with van der Waals surface area (Å²) in [5.74, 6) is -1.78. The van der Waals surface area contributed by atoms with Gasteiger partial charge in [0.15, 0.2) is 0 Å². The number of hydrogen-bond acceptors (Lipinski definition) is 4. The number of benzene rings is 1. The number of aromatic nitrogens is 1. The second-order valence-corrected chi connectivity index (χ2v) is 4.82. The Hall–Kier alpha value is -2.28. The van der Waals surface area contributed by atoms with Crippen LogP contribution in [0.25, 0.3) is 0 Å². The molecule has 1 aromatic heterocycles. The van der Waals surface area contributed by atoms with Gasteiger partial charge in [0.1, 0.15) is 10.4 Å². The van der Waals surface area contributed by atoms with Gasteiger partial charge in [-0.05, 0) is 46.3 Å². The Morgan fingerprint density at radius 3 is 2.71 bits per heavy atom. The number of nitrogens with zero attached hydrogens (tertiary/aromatic N) is 1. The highest BCUT2D eigenvalue weighted by molar-refractivity contribution is 9.10. The normalized spacial score (nSPS) is 10.0. The van der Waals surface area contributed by atoms with E-state index in [2.05, 4.69) is 31.0 Å². The van der Waals surface area contributed by atoms with Gasteiger partial charge in [0.05, 0.1) is 18.4 Å². The van der Waals surface area contributed by atoms with Crippen molar-refractivity contribution in [1.29, 1.82) is 0 Å². The van der Waals surface area contributed by atoms with Crippen molar-refractivity contribution in [3.05, 3.63) is 58.1 Å². The number of methoxy groups -OCH3 is 1. The molecule has 0 radical (unpaired) electrons. The van der Waals surface area contributed by atoms with Gasteiger partial charge in [0, 0.05) is 11.8 Å². The smallest absolute Gasteiger partial charge is 0.340 e. The first-order chi connectivity index (χ1) is 10.0. The Morgan fingerprint density at radius 1 is 1.29 bits per heavy atom. The number of ether oxygens (including phenoxy) is 1. The summed E-state index contributed by atoms with van der Waals surface area (Å²) in [5.41, 5.74) is 0.456. The highest BCUT2D eigenvalue weighted by atomic mass is 79.9. The third-order valence-corrected chi connectivity index (χ3v) is 3.06.